The Labute approximate surface area is 209 Å². The van der Waals surface area contributed by atoms with E-state index in [0.717, 1.165) is 18.4 Å². The highest BCUT2D eigenvalue weighted by Crippen LogP contribution is 2.39. The number of thiophene rings is 1. The number of rotatable bonds is 9. The molecule has 1 aromatic heterocycles. The zero-order chi connectivity index (χ0) is 24.9. The minimum absolute atomic E-state index is 0.00182. The van der Waals surface area contributed by atoms with Gasteiger partial charge in [-0.15, -0.1) is 11.3 Å². The standard InChI is InChI=1S/C28H40N2O3S/c1-20(18-28(3,4)5)17-25(31)29(14-15-33-6)19-26(32)30-13-11-24-23(12-16-34-24)27(30)22-10-8-7-9-21(22)2/h7-10,12,16,20,27H,11,13-15,17-19H2,1-6H3. The SMILES string of the molecule is COCCN(CC(=O)N1CCc2sccc2C1c1ccccc1C)C(=O)CC(C)CC(C)(C)C. The molecule has 186 valence electrons. The van der Waals surface area contributed by atoms with Gasteiger partial charge in [-0.3, -0.25) is 9.59 Å². The molecular formula is C28H40N2O3S. The molecule has 5 nitrogen and oxygen atoms in total. The third-order valence-corrected chi connectivity index (χ3v) is 7.49. The van der Waals surface area contributed by atoms with E-state index in [1.54, 1.807) is 23.3 Å². The van der Waals surface area contributed by atoms with Crippen LogP contribution in [0, 0.1) is 18.3 Å². The molecule has 2 heterocycles. The first kappa shape index (κ1) is 26.4. The lowest BCUT2D eigenvalue weighted by molar-refractivity contribution is -0.142. The molecule has 2 unspecified atom stereocenters. The van der Waals surface area contributed by atoms with Crippen LogP contribution >= 0.6 is 11.3 Å². The Kier molecular flexibility index (Phi) is 8.94. The van der Waals surface area contributed by atoms with Crippen molar-refractivity contribution in [2.24, 2.45) is 11.3 Å². The van der Waals surface area contributed by atoms with Crippen LogP contribution in [0.3, 0.4) is 0 Å². The van der Waals surface area contributed by atoms with Gasteiger partial charge in [-0.2, -0.15) is 0 Å². The van der Waals surface area contributed by atoms with Gasteiger partial charge in [0.1, 0.15) is 0 Å². The highest BCUT2D eigenvalue weighted by Gasteiger charge is 2.34. The molecule has 2 amide bonds. The van der Waals surface area contributed by atoms with E-state index in [2.05, 4.69) is 58.2 Å². The topological polar surface area (TPSA) is 49.9 Å². The molecule has 1 aliphatic rings. The lowest BCUT2D eigenvalue weighted by atomic mass is 9.84. The molecule has 0 radical (unpaired) electrons. The molecule has 34 heavy (non-hydrogen) atoms. The number of methoxy groups -OCH3 is 1. The minimum atomic E-state index is -0.108. The summed E-state index contributed by atoms with van der Waals surface area (Å²) in [4.78, 5) is 32.0. The van der Waals surface area contributed by atoms with Gasteiger partial charge in [0.15, 0.2) is 0 Å². The summed E-state index contributed by atoms with van der Waals surface area (Å²) < 4.78 is 5.26. The Balaban J connectivity index is 1.80. The number of amides is 2. The second kappa shape index (κ2) is 11.5. The van der Waals surface area contributed by atoms with Crippen LogP contribution in [0.5, 0.6) is 0 Å². The Morgan fingerprint density at radius 3 is 2.62 bits per heavy atom. The summed E-state index contributed by atoms with van der Waals surface area (Å²) >= 11 is 1.77. The molecule has 0 N–H and O–H groups in total. The molecular weight excluding hydrogens is 444 g/mol. The number of aryl methyl sites for hydroxylation is 1. The van der Waals surface area contributed by atoms with Crippen molar-refractivity contribution >= 4 is 23.2 Å². The Morgan fingerprint density at radius 1 is 1.21 bits per heavy atom. The van der Waals surface area contributed by atoms with Crippen molar-refractivity contribution in [3.63, 3.8) is 0 Å². The number of hydrogen-bond donors (Lipinski definition) is 0. The van der Waals surface area contributed by atoms with Gasteiger partial charge in [-0.05, 0) is 59.2 Å². The van der Waals surface area contributed by atoms with Gasteiger partial charge >= 0.3 is 0 Å². The maximum atomic E-state index is 13.7. The van der Waals surface area contributed by atoms with Gasteiger partial charge in [-0.1, -0.05) is 52.0 Å². The first-order valence-electron chi connectivity index (χ1n) is 12.3. The third kappa shape index (κ3) is 6.70. The van der Waals surface area contributed by atoms with Crippen molar-refractivity contribution < 1.29 is 14.3 Å². The highest BCUT2D eigenvalue weighted by molar-refractivity contribution is 7.10. The average Bonchev–Trinajstić information content (AvgIpc) is 3.23. The molecule has 6 heteroatoms. The summed E-state index contributed by atoms with van der Waals surface area (Å²) in [6, 6.07) is 10.3. The van der Waals surface area contributed by atoms with Crippen LogP contribution in [0.1, 0.15) is 68.1 Å². The first-order chi connectivity index (χ1) is 16.1. The monoisotopic (exact) mass is 484 g/mol. The van der Waals surface area contributed by atoms with Crippen LogP contribution in [0.25, 0.3) is 0 Å². The third-order valence-electron chi connectivity index (χ3n) is 6.50. The fourth-order valence-electron chi connectivity index (χ4n) is 5.11. The van der Waals surface area contributed by atoms with Crippen molar-refractivity contribution in [1.29, 1.82) is 0 Å². The molecule has 0 aliphatic carbocycles. The van der Waals surface area contributed by atoms with Crippen LogP contribution in [-0.4, -0.2) is 55.0 Å². The Bertz CT molecular complexity index is 978. The van der Waals surface area contributed by atoms with Gasteiger partial charge in [0, 0.05) is 31.5 Å². The molecule has 0 spiro atoms. The molecule has 2 atom stereocenters. The molecule has 0 fully saturated rings. The van der Waals surface area contributed by atoms with E-state index in [-0.39, 0.29) is 35.7 Å². The number of fused-ring (bicyclic) bond motifs is 1. The maximum Gasteiger partial charge on any atom is 0.242 e. The van der Waals surface area contributed by atoms with E-state index in [1.807, 2.05) is 17.0 Å². The zero-order valence-electron chi connectivity index (χ0n) is 21.6. The fraction of sp³-hybridized carbons (Fsp3) is 0.571. The van der Waals surface area contributed by atoms with Crippen LogP contribution in [-0.2, 0) is 20.7 Å². The summed E-state index contributed by atoms with van der Waals surface area (Å²) in [7, 11) is 1.63. The van der Waals surface area contributed by atoms with Gasteiger partial charge < -0.3 is 14.5 Å². The van der Waals surface area contributed by atoms with Gasteiger partial charge in [0.05, 0.1) is 19.2 Å². The van der Waals surface area contributed by atoms with Gasteiger partial charge in [0.25, 0.3) is 0 Å². The van der Waals surface area contributed by atoms with E-state index in [0.29, 0.717) is 26.1 Å². The van der Waals surface area contributed by atoms with E-state index in [9.17, 15) is 9.59 Å². The molecule has 3 rings (SSSR count). The van der Waals surface area contributed by atoms with Crippen molar-refractivity contribution in [3.8, 4) is 0 Å². The summed E-state index contributed by atoms with van der Waals surface area (Å²) in [5, 5.41) is 2.12. The maximum absolute atomic E-state index is 13.7. The van der Waals surface area contributed by atoms with Crippen molar-refractivity contribution in [2.45, 2.75) is 59.9 Å². The quantitative estimate of drug-likeness (QED) is 0.474. The average molecular weight is 485 g/mol. The summed E-state index contributed by atoms with van der Waals surface area (Å²) in [6.45, 7) is 12.4. The summed E-state index contributed by atoms with van der Waals surface area (Å²) in [5.74, 6) is 0.288. The van der Waals surface area contributed by atoms with Crippen molar-refractivity contribution in [3.05, 3.63) is 57.3 Å². The van der Waals surface area contributed by atoms with Crippen LogP contribution < -0.4 is 0 Å². The fourth-order valence-corrected chi connectivity index (χ4v) is 6.01. The molecule has 0 saturated carbocycles. The summed E-state index contributed by atoms with van der Waals surface area (Å²) in [5.41, 5.74) is 3.71. The number of benzene rings is 1. The number of ether oxygens (including phenoxy) is 1. The number of carbonyl (C=O) groups excluding carboxylic acids is 2. The van der Waals surface area contributed by atoms with Crippen LogP contribution in [0.2, 0.25) is 0 Å². The second-order valence-corrected chi connectivity index (χ2v) is 11.8. The summed E-state index contributed by atoms with van der Waals surface area (Å²) in [6.07, 6.45) is 2.27. The van der Waals surface area contributed by atoms with Gasteiger partial charge in [0.2, 0.25) is 11.8 Å². The predicted molar refractivity (Wildman–Crippen MR) is 139 cm³/mol. The van der Waals surface area contributed by atoms with E-state index >= 15 is 0 Å². The molecule has 2 aromatic rings. The number of nitrogens with zero attached hydrogens (tertiary/aromatic N) is 2. The minimum Gasteiger partial charge on any atom is -0.383 e. The largest absolute Gasteiger partial charge is 0.383 e. The highest BCUT2D eigenvalue weighted by atomic mass is 32.1. The molecule has 0 bridgehead atoms. The first-order valence-corrected chi connectivity index (χ1v) is 13.2. The van der Waals surface area contributed by atoms with Crippen LogP contribution in [0.4, 0.5) is 0 Å². The number of hydrogen-bond acceptors (Lipinski definition) is 4. The second-order valence-electron chi connectivity index (χ2n) is 10.8. The molecule has 1 aliphatic heterocycles. The molecule has 0 saturated heterocycles. The number of carbonyl (C=O) groups is 2. The Morgan fingerprint density at radius 2 is 1.94 bits per heavy atom. The lowest BCUT2D eigenvalue weighted by Crippen LogP contribution is -2.47. The lowest BCUT2D eigenvalue weighted by Gasteiger charge is -2.38. The van der Waals surface area contributed by atoms with Crippen molar-refractivity contribution in [2.75, 3.05) is 33.4 Å². The van der Waals surface area contributed by atoms with Gasteiger partial charge in [-0.25, -0.2) is 0 Å². The zero-order valence-corrected chi connectivity index (χ0v) is 22.4. The van der Waals surface area contributed by atoms with E-state index in [1.165, 1.54) is 16.0 Å². The predicted octanol–water partition coefficient (Wildman–Crippen LogP) is 5.47. The van der Waals surface area contributed by atoms with E-state index in [4.69, 9.17) is 4.74 Å². The van der Waals surface area contributed by atoms with Crippen LogP contribution in [0.15, 0.2) is 35.7 Å². The van der Waals surface area contributed by atoms with Crippen molar-refractivity contribution in [1.82, 2.24) is 9.80 Å². The smallest absolute Gasteiger partial charge is 0.242 e. The van der Waals surface area contributed by atoms with E-state index < -0.39 is 0 Å². The normalized spacial score (nSPS) is 16.8. The molecule has 1 aromatic carbocycles. The Hall–Kier alpha value is -2.18.